The number of carbonyl (C=O) groups excluding carboxylic acids is 1. The maximum atomic E-state index is 13.4. The molecule has 1 aliphatic heterocycles. The fraction of sp³-hybridized carbons (Fsp3) is 0.350. The molecule has 0 bridgehead atoms. The normalized spacial score (nSPS) is 17.9. The fourth-order valence-corrected chi connectivity index (χ4v) is 3.51. The minimum absolute atomic E-state index is 0.260. The van der Waals surface area contributed by atoms with Crippen molar-refractivity contribution in [2.75, 3.05) is 19.7 Å². The molecule has 2 aromatic carbocycles. The second kappa shape index (κ2) is 8.75. The molecule has 1 aliphatic rings. The van der Waals surface area contributed by atoms with Crippen LogP contribution in [0.3, 0.4) is 0 Å². The summed E-state index contributed by atoms with van der Waals surface area (Å²) in [7, 11) is 0. The van der Waals surface area contributed by atoms with Crippen LogP contribution in [0, 0.1) is 5.82 Å². The van der Waals surface area contributed by atoms with E-state index in [1.54, 1.807) is 0 Å². The molecule has 138 valence electrons. The van der Waals surface area contributed by atoms with E-state index in [2.05, 4.69) is 45.2 Å². The molecule has 0 spiro atoms. The van der Waals surface area contributed by atoms with Crippen molar-refractivity contribution in [3.05, 3.63) is 69.4 Å². The zero-order valence-corrected chi connectivity index (χ0v) is 16.3. The Labute approximate surface area is 161 Å². The number of nitrogens with zero attached hydrogens (tertiary/aromatic N) is 1. The molecule has 26 heavy (non-hydrogen) atoms. The van der Waals surface area contributed by atoms with Gasteiger partial charge >= 0.3 is 0 Å². The van der Waals surface area contributed by atoms with Crippen LogP contribution in [-0.2, 0) is 17.8 Å². The minimum Gasteiger partial charge on any atom is -0.376 e. The van der Waals surface area contributed by atoms with Crippen LogP contribution in [-0.4, -0.2) is 36.6 Å². The second-order valence-electron chi connectivity index (χ2n) is 6.54. The quantitative estimate of drug-likeness (QED) is 0.800. The Balaban J connectivity index is 1.60. The largest absolute Gasteiger partial charge is 0.376 e. The first-order valence-corrected chi connectivity index (χ1v) is 9.45. The molecule has 1 fully saturated rings. The van der Waals surface area contributed by atoms with E-state index in [1.807, 2.05) is 12.1 Å². The number of hydrogen-bond donors (Lipinski definition) is 1. The van der Waals surface area contributed by atoms with Crippen molar-refractivity contribution in [1.29, 1.82) is 0 Å². The standard InChI is InChI=1S/C20H22BrFN2O2/c1-14-12-24(7-8-26-14)13-16-4-2-3-15(9-16)11-23-20(25)18-10-17(22)5-6-19(18)21/h2-6,9-10,14H,7-8,11-13H2,1H3,(H,23,25). The smallest absolute Gasteiger partial charge is 0.252 e. The molecule has 0 aliphatic carbocycles. The van der Waals surface area contributed by atoms with E-state index < -0.39 is 5.82 Å². The number of hydrogen-bond acceptors (Lipinski definition) is 3. The summed E-state index contributed by atoms with van der Waals surface area (Å²) in [5, 5.41) is 2.85. The Morgan fingerprint density at radius 3 is 2.92 bits per heavy atom. The van der Waals surface area contributed by atoms with Gasteiger partial charge in [0.1, 0.15) is 5.82 Å². The van der Waals surface area contributed by atoms with Gasteiger partial charge in [-0.1, -0.05) is 24.3 Å². The number of benzene rings is 2. The monoisotopic (exact) mass is 420 g/mol. The number of nitrogens with one attached hydrogen (secondary N) is 1. The maximum absolute atomic E-state index is 13.4. The number of carbonyl (C=O) groups is 1. The number of halogens is 2. The van der Waals surface area contributed by atoms with Gasteiger partial charge in [0, 0.05) is 30.7 Å². The van der Waals surface area contributed by atoms with Gasteiger partial charge in [0.25, 0.3) is 5.91 Å². The third-order valence-electron chi connectivity index (χ3n) is 4.35. The lowest BCUT2D eigenvalue weighted by atomic mass is 10.1. The van der Waals surface area contributed by atoms with Crippen LogP contribution in [0.4, 0.5) is 4.39 Å². The minimum atomic E-state index is -0.430. The van der Waals surface area contributed by atoms with Gasteiger partial charge in [-0.3, -0.25) is 9.69 Å². The SMILES string of the molecule is CC1CN(Cc2cccc(CNC(=O)c3cc(F)ccc3Br)c2)CCO1. The van der Waals surface area contributed by atoms with Crippen molar-refractivity contribution < 1.29 is 13.9 Å². The summed E-state index contributed by atoms with van der Waals surface area (Å²) >= 11 is 3.29. The first-order valence-electron chi connectivity index (χ1n) is 8.66. The molecule has 4 nitrogen and oxygen atoms in total. The van der Waals surface area contributed by atoms with E-state index in [0.29, 0.717) is 16.6 Å². The van der Waals surface area contributed by atoms with Gasteiger partial charge in [0.05, 0.1) is 18.3 Å². The lowest BCUT2D eigenvalue weighted by Crippen LogP contribution is -2.40. The number of ether oxygens (including phenoxy) is 1. The summed E-state index contributed by atoms with van der Waals surface area (Å²) < 4.78 is 19.5. The molecule has 1 atom stereocenters. The van der Waals surface area contributed by atoms with Crippen molar-refractivity contribution in [2.24, 2.45) is 0 Å². The number of morpholine rings is 1. The molecule has 6 heteroatoms. The van der Waals surface area contributed by atoms with Crippen LogP contribution in [0.2, 0.25) is 0 Å². The van der Waals surface area contributed by atoms with E-state index in [9.17, 15) is 9.18 Å². The second-order valence-corrected chi connectivity index (χ2v) is 7.40. The third kappa shape index (κ3) is 5.13. The van der Waals surface area contributed by atoms with Crippen molar-refractivity contribution in [3.8, 4) is 0 Å². The highest BCUT2D eigenvalue weighted by molar-refractivity contribution is 9.10. The molecular weight excluding hydrogens is 399 g/mol. The molecule has 0 aromatic heterocycles. The topological polar surface area (TPSA) is 41.6 Å². The summed E-state index contributed by atoms with van der Waals surface area (Å²) in [6, 6.07) is 12.3. The van der Waals surface area contributed by atoms with E-state index in [0.717, 1.165) is 31.8 Å². The highest BCUT2D eigenvalue weighted by Gasteiger charge is 2.16. The van der Waals surface area contributed by atoms with E-state index >= 15 is 0 Å². The molecule has 1 saturated heterocycles. The average molecular weight is 421 g/mol. The van der Waals surface area contributed by atoms with Crippen LogP contribution in [0.15, 0.2) is 46.9 Å². The highest BCUT2D eigenvalue weighted by atomic mass is 79.9. The van der Waals surface area contributed by atoms with Crippen molar-refractivity contribution in [2.45, 2.75) is 26.1 Å². The molecule has 0 radical (unpaired) electrons. The molecule has 1 heterocycles. The van der Waals surface area contributed by atoms with E-state index in [1.165, 1.54) is 23.8 Å². The summed E-state index contributed by atoms with van der Waals surface area (Å²) in [6.45, 7) is 5.97. The summed E-state index contributed by atoms with van der Waals surface area (Å²) in [6.07, 6.45) is 0.260. The number of amides is 1. The molecule has 1 N–H and O–H groups in total. The maximum Gasteiger partial charge on any atom is 0.252 e. The van der Waals surface area contributed by atoms with Gasteiger partial charge in [-0.25, -0.2) is 4.39 Å². The predicted molar refractivity (Wildman–Crippen MR) is 102 cm³/mol. The Hall–Kier alpha value is -1.76. The summed E-state index contributed by atoms with van der Waals surface area (Å²) in [5.41, 5.74) is 2.52. The summed E-state index contributed by atoms with van der Waals surface area (Å²) in [5.74, 6) is -0.733. The van der Waals surface area contributed by atoms with Gasteiger partial charge in [-0.2, -0.15) is 0 Å². The van der Waals surface area contributed by atoms with Gasteiger partial charge in [0.2, 0.25) is 0 Å². The first-order chi connectivity index (χ1) is 12.5. The Morgan fingerprint density at radius 2 is 2.12 bits per heavy atom. The average Bonchev–Trinajstić information content (AvgIpc) is 2.62. The van der Waals surface area contributed by atoms with Crippen LogP contribution in [0.5, 0.6) is 0 Å². The Morgan fingerprint density at radius 1 is 1.31 bits per heavy atom. The third-order valence-corrected chi connectivity index (χ3v) is 5.04. The van der Waals surface area contributed by atoms with Crippen LogP contribution >= 0.6 is 15.9 Å². The zero-order valence-electron chi connectivity index (χ0n) is 14.7. The van der Waals surface area contributed by atoms with Crippen LogP contribution in [0.1, 0.15) is 28.4 Å². The highest BCUT2D eigenvalue weighted by Crippen LogP contribution is 2.18. The predicted octanol–water partition coefficient (Wildman–Crippen LogP) is 3.74. The van der Waals surface area contributed by atoms with Gasteiger partial charge in [-0.05, 0) is 52.2 Å². The van der Waals surface area contributed by atoms with Crippen LogP contribution in [0.25, 0.3) is 0 Å². The number of rotatable bonds is 5. The zero-order chi connectivity index (χ0) is 18.5. The first kappa shape index (κ1) is 19.0. The van der Waals surface area contributed by atoms with Crippen molar-refractivity contribution in [1.82, 2.24) is 10.2 Å². The molecule has 2 aromatic rings. The van der Waals surface area contributed by atoms with Crippen molar-refractivity contribution in [3.63, 3.8) is 0 Å². The lowest BCUT2D eigenvalue weighted by Gasteiger charge is -2.31. The fourth-order valence-electron chi connectivity index (χ4n) is 3.08. The molecular formula is C20H22BrFN2O2. The molecule has 1 unspecified atom stereocenters. The molecule has 3 rings (SSSR count). The Kier molecular flexibility index (Phi) is 6.40. The molecule has 0 saturated carbocycles. The van der Waals surface area contributed by atoms with Gasteiger partial charge in [-0.15, -0.1) is 0 Å². The summed E-state index contributed by atoms with van der Waals surface area (Å²) in [4.78, 5) is 14.7. The van der Waals surface area contributed by atoms with E-state index in [-0.39, 0.29) is 12.0 Å². The lowest BCUT2D eigenvalue weighted by molar-refractivity contribution is -0.0212. The Bertz CT molecular complexity index is 784. The van der Waals surface area contributed by atoms with Gasteiger partial charge < -0.3 is 10.1 Å². The van der Waals surface area contributed by atoms with Crippen LogP contribution < -0.4 is 5.32 Å². The molecule has 1 amide bonds. The van der Waals surface area contributed by atoms with E-state index in [4.69, 9.17) is 4.74 Å². The van der Waals surface area contributed by atoms with Gasteiger partial charge in [0.15, 0.2) is 0 Å². The van der Waals surface area contributed by atoms with Crippen molar-refractivity contribution >= 4 is 21.8 Å².